The molecule has 39 heavy (non-hydrogen) atoms. The van der Waals surface area contributed by atoms with Crippen molar-refractivity contribution >= 4 is 33.5 Å². The molecular formula is C29H25FN8O. The zero-order chi connectivity index (χ0) is 27.1. The molecule has 0 radical (unpaired) electrons. The number of aromatic nitrogens is 6. The van der Waals surface area contributed by atoms with Crippen LogP contribution in [0.2, 0.25) is 0 Å². The summed E-state index contributed by atoms with van der Waals surface area (Å²) in [5, 5.41) is 11.3. The molecule has 1 amide bonds. The van der Waals surface area contributed by atoms with Gasteiger partial charge < -0.3 is 15.2 Å². The number of carbonyl (C=O) groups is 1. The minimum absolute atomic E-state index is 0.124. The molecule has 5 heterocycles. The molecular weight excluding hydrogens is 495 g/mol. The van der Waals surface area contributed by atoms with Gasteiger partial charge in [0.25, 0.3) is 0 Å². The number of hydrogen-bond acceptors (Lipinski definition) is 6. The summed E-state index contributed by atoms with van der Waals surface area (Å²) >= 11 is 0. The zero-order valence-electron chi connectivity index (χ0n) is 21.6. The summed E-state index contributed by atoms with van der Waals surface area (Å²) in [5.74, 6) is -0.425. The molecule has 6 aromatic rings. The topological polar surface area (TPSA) is 115 Å². The van der Waals surface area contributed by atoms with E-state index in [4.69, 9.17) is 4.98 Å². The molecule has 0 fully saturated rings. The first-order chi connectivity index (χ1) is 18.8. The van der Waals surface area contributed by atoms with Crippen LogP contribution in [0.1, 0.15) is 5.56 Å². The van der Waals surface area contributed by atoms with Crippen LogP contribution in [0.15, 0.2) is 67.1 Å². The third kappa shape index (κ3) is 4.85. The van der Waals surface area contributed by atoms with Crippen LogP contribution in [0.3, 0.4) is 0 Å². The highest BCUT2D eigenvalue weighted by molar-refractivity contribution is 5.99. The average Bonchev–Trinajstić information content (AvgIpc) is 3.51. The van der Waals surface area contributed by atoms with Gasteiger partial charge in [-0.25, -0.2) is 9.37 Å². The number of nitrogens with one attached hydrogen (secondary N) is 3. The Morgan fingerprint density at radius 1 is 1.00 bits per heavy atom. The first kappa shape index (κ1) is 24.4. The molecule has 0 aliphatic rings. The van der Waals surface area contributed by atoms with Gasteiger partial charge in [-0.2, -0.15) is 5.10 Å². The van der Waals surface area contributed by atoms with Crippen LogP contribution in [0.25, 0.3) is 55.8 Å². The maximum absolute atomic E-state index is 14.1. The number of benzene rings is 1. The summed E-state index contributed by atoms with van der Waals surface area (Å²) < 4.78 is 14.1. The number of pyridine rings is 3. The molecule has 10 heteroatoms. The number of aromatic amines is 2. The van der Waals surface area contributed by atoms with Crippen LogP contribution in [0.4, 0.5) is 10.1 Å². The minimum atomic E-state index is -0.301. The van der Waals surface area contributed by atoms with Crippen LogP contribution < -0.4 is 5.32 Å². The lowest BCUT2D eigenvalue weighted by Crippen LogP contribution is -2.27. The van der Waals surface area contributed by atoms with Crippen molar-refractivity contribution in [3.63, 3.8) is 0 Å². The van der Waals surface area contributed by atoms with E-state index >= 15 is 0 Å². The molecule has 9 nitrogen and oxygen atoms in total. The van der Waals surface area contributed by atoms with E-state index in [0.717, 1.165) is 33.2 Å². The maximum atomic E-state index is 14.1. The SMILES string of the molecule is Cc1cc(F)cc(-c2nccc3[nH]c(-c4n[nH]c5ccc(-c6cncc(NC(=O)CN(C)C)c6)nc45)cc23)c1. The number of rotatable bonds is 6. The maximum Gasteiger partial charge on any atom is 0.238 e. The van der Waals surface area contributed by atoms with E-state index in [1.165, 1.54) is 12.1 Å². The highest BCUT2D eigenvalue weighted by Crippen LogP contribution is 2.33. The van der Waals surface area contributed by atoms with Crippen LogP contribution >= 0.6 is 0 Å². The molecule has 0 aliphatic heterocycles. The number of nitrogens with zero attached hydrogens (tertiary/aromatic N) is 5. The number of fused-ring (bicyclic) bond motifs is 2. The minimum Gasteiger partial charge on any atom is -0.353 e. The van der Waals surface area contributed by atoms with E-state index in [0.29, 0.717) is 33.8 Å². The van der Waals surface area contributed by atoms with Gasteiger partial charge in [0.05, 0.1) is 41.0 Å². The van der Waals surface area contributed by atoms with Crippen molar-refractivity contribution in [2.45, 2.75) is 6.92 Å². The smallest absolute Gasteiger partial charge is 0.238 e. The Hall–Kier alpha value is -4.96. The number of H-pyrrole nitrogens is 2. The van der Waals surface area contributed by atoms with Gasteiger partial charge in [0.15, 0.2) is 0 Å². The Morgan fingerprint density at radius 2 is 1.87 bits per heavy atom. The van der Waals surface area contributed by atoms with E-state index in [9.17, 15) is 9.18 Å². The quantitative estimate of drug-likeness (QED) is 0.279. The second-order valence-electron chi connectivity index (χ2n) is 9.73. The van der Waals surface area contributed by atoms with Crippen molar-refractivity contribution in [2.75, 3.05) is 26.0 Å². The van der Waals surface area contributed by atoms with Gasteiger partial charge in [0.2, 0.25) is 5.91 Å². The average molecular weight is 521 g/mol. The zero-order valence-corrected chi connectivity index (χ0v) is 21.6. The number of carbonyl (C=O) groups excluding carboxylic acids is 1. The molecule has 3 N–H and O–H groups in total. The Balaban J connectivity index is 1.39. The lowest BCUT2D eigenvalue weighted by atomic mass is 10.0. The number of halogens is 1. The number of likely N-dealkylation sites (N-methyl/N-ethyl adjacent to an activating group) is 1. The summed E-state index contributed by atoms with van der Waals surface area (Å²) in [7, 11) is 3.67. The summed E-state index contributed by atoms with van der Waals surface area (Å²) in [6.07, 6.45) is 5.01. The van der Waals surface area contributed by atoms with Crippen molar-refractivity contribution in [1.82, 2.24) is 35.0 Å². The first-order valence-electron chi connectivity index (χ1n) is 12.3. The molecule has 0 bridgehead atoms. The van der Waals surface area contributed by atoms with Crippen LogP contribution in [-0.2, 0) is 4.79 Å². The molecule has 194 valence electrons. The molecule has 0 unspecified atom stereocenters. The van der Waals surface area contributed by atoms with E-state index in [1.807, 2.05) is 57.4 Å². The number of amides is 1. The second-order valence-corrected chi connectivity index (χ2v) is 9.73. The molecule has 0 atom stereocenters. The molecule has 0 saturated carbocycles. The fraction of sp³-hybridized carbons (Fsp3) is 0.138. The highest BCUT2D eigenvalue weighted by Gasteiger charge is 2.17. The summed E-state index contributed by atoms with van der Waals surface area (Å²) in [6.45, 7) is 2.13. The normalized spacial score (nSPS) is 11.5. The van der Waals surface area contributed by atoms with Crippen molar-refractivity contribution in [2.24, 2.45) is 0 Å². The van der Waals surface area contributed by atoms with E-state index in [-0.39, 0.29) is 18.3 Å². The summed E-state index contributed by atoms with van der Waals surface area (Å²) in [4.78, 5) is 31.1. The first-order valence-corrected chi connectivity index (χ1v) is 12.3. The standard InChI is InChI=1S/C29H25FN8O/c1-16-8-17(10-19(30)9-16)27-21-12-25(34-23(21)6-7-32-27)29-28-24(36-37-29)5-4-22(35-28)18-11-20(14-31-13-18)33-26(39)15-38(2)3/h4-14,34H,15H2,1-3H3,(H,33,39)(H,36,37). The monoisotopic (exact) mass is 520 g/mol. The van der Waals surface area contributed by atoms with Crippen molar-refractivity contribution in [3.8, 4) is 33.9 Å². The lowest BCUT2D eigenvalue weighted by Gasteiger charge is -2.10. The second kappa shape index (κ2) is 9.73. The third-order valence-electron chi connectivity index (χ3n) is 6.30. The molecule has 6 rings (SSSR count). The largest absolute Gasteiger partial charge is 0.353 e. The van der Waals surface area contributed by atoms with Crippen molar-refractivity contribution < 1.29 is 9.18 Å². The predicted octanol–water partition coefficient (Wildman–Crippen LogP) is 5.18. The van der Waals surface area contributed by atoms with Gasteiger partial charge in [0.1, 0.15) is 17.0 Å². The Bertz CT molecular complexity index is 1840. The fourth-order valence-electron chi connectivity index (χ4n) is 4.67. The van der Waals surface area contributed by atoms with Crippen molar-refractivity contribution in [1.29, 1.82) is 0 Å². The van der Waals surface area contributed by atoms with Gasteiger partial charge in [-0.1, -0.05) is 0 Å². The van der Waals surface area contributed by atoms with Gasteiger partial charge >= 0.3 is 0 Å². The predicted molar refractivity (Wildman–Crippen MR) is 150 cm³/mol. The van der Waals surface area contributed by atoms with Crippen LogP contribution in [-0.4, -0.2) is 61.6 Å². The van der Waals surface area contributed by atoms with Crippen molar-refractivity contribution in [3.05, 3.63) is 78.5 Å². The third-order valence-corrected chi connectivity index (χ3v) is 6.30. The lowest BCUT2D eigenvalue weighted by molar-refractivity contribution is -0.116. The van der Waals surface area contributed by atoms with Crippen LogP contribution in [0.5, 0.6) is 0 Å². The van der Waals surface area contributed by atoms with E-state index < -0.39 is 0 Å². The molecule has 1 aromatic carbocycles. The van der Waals surface area contributed by atoms with E-state index in [2.05, 4.69) is 30.5 Å². The number of anilines is 1. The van der Waals surface area contributed by atoms with Gasteiger partial charge in [-0.15, -0.1) is 0 Å². The Morgan fingerprint density at radius 3 is 2.69 bits per heavy atom. The molecule has 0 spiro atoms. The molecule has 5 aromatic heterocycles. The molecule has 0 aliphatic carbocycles. The van der Waals surface area contributed by atoms with Gasteiger partial charge in [-0.05, 0) is 75.1 Å². The van der Waals surface area contributed by atoms with Gasteiger partial charge in [0, 0.05) is 34.4 Å². The number of aryl methyl sites for hydroxylation is 1. The van der Waals surface area contributed by atoms with E-state index in [1.54, 1.807) is 23.5 Å². The van der Waals surface area contributed by atoms with Gasteiger partial charge in [-0.3, -0.25) is 19.9 Å². The summed E-state index contributed by atoms with van der Waals surface area (Å²) in [6, 6.07) is 14.4. The Labute approximate surface area is 223 Å². The fourth-order valence-corrected chi connectivity index (χ4v) is 4.67. The Kier molecular flexibility index (Phi) is 6.08. The highest BCUT2D eigenvalue weighted by atomic mass is 19.1. The molecule has 0 saturated heterocycles. The summed E-state index contributed by atoms with van der Waals surface area (Å²) in [5.41, 5.74) is 7.97. The van der Waals surface area contributed by atoms with Crippen LogP contribution in [0, 0.1) is 12.7 Å². The number of hydrogen-bond donors (Lipinski definition) is 3.